The molecular formula is C16H36INO. The van der Waals surface area contributed by atoms with Crippen LogP contribution in [0, 0.1) is 0 Å². The molecule has 3 heteroatoms. The first-order valence-corrected chi connectivity index (χ1v) is 8.13. The van der Waals surface area contributed by atoms with Gasteiger partial charge in [0.05, 0.1) is 26.7 Å². The lowest BCUT2D eigenvalue weighted by Gasteiger charge is -2.34. The molecule has 0 bridgehead atoms. The maximum absolute atomic E-state index is 9.23. The van der Waals surface area contributed by atoms with Gasteiger partial charge in [-0.05, 0) is 25.7 Å². The van der Waals surface area contributed by atoms with Crippen LogP contribution in [0.1, 0.15) is 71.6 Å². The summed E-state index contributed by atoms with van der Waals surface area (Å²) in [6.07, 6.45) is 12.1. The molecule has 0 rings (SSSR count). The number of rotatable bonds is 13. The van der Waals surface area contributed by atoms with Crippen LogP contribution < -0.4 is 24.0 Å². The highest BCUT2D eigenvalue weighted by Crippen LogP contribution is 2.12. The van der Waals surface area contributed by atoms with Crippen LogP contribution in [0.15, 0.2) is 0 Å². The Morgan fingerprint density at radius 3 is 1.53 bits per heavy atom. The summed E-state index contributed by atoms with van der Waals surface area (Å²) in [5, 5.41) is 9.23. The molecule has 0 spiro atoms. The van der Waals surface area contributed by atoms with Gasteiger partial charge in [-0.3, -0.25) is 0 Å². The molecule has 0 aromatic rings. The van der Waals surface area contributed by atoms with Gasteiger partial charge < -0.3 is 33.6 Å². The standard InChI is InChI=1S/C16H36NO.HI/c1-4-6-8-10-12-14-17(3,15-16-18)13-11-9-7-5-2;/h18H,4-16H2,1-3H3;1H/q+1;/p-1. The second-order valence-corrected chi connectivity index (χ2v) is 5.99. The minimum atomic E-state index is 0. The van der Waals surface area contributed by atoms with Gasteiger partial charge in [0.2, 0.25) is 0 Å². The number of quaternary nitrogens is 1. The van der Waals surface area contributed by atoms with Gasteiger partial charge in [0.25, 0.3) is 0 Å². The Bertz CT molecular complexity index is 178. The van der Waals surface area contributed by atoms with E-state index in [4.69, 9.17) is 0 Å². The Hall–Kier alpha value is 0.650. The van der Waals surface area contributed by atoms with E-state index in [9.17, 15) is 5.11 Å². The van der Waals surface area contributed by atoms with Crippen LogP contribution in [-0.2, 0) is 0 Å². The molecule has 0 saturated heterocycles. The lowest BCUT2D eigenvalue weighted by atomic mass is 10.1. The summed E-state index contributed by atoms with van der Waals surface area (Å²) in [6, 6.07) is 0. The largest absolute Gasteiger partial charge is 1.00 e. The minimum Gasteiger partial charge on any atom is -1.00 e. The summed E-state index contributed by atoms with van der Waals surface area (Å²) < 4.78 is 1.08. The molecule has 0 radical (unpaired) electrons. The number of halogens is 1. The van der Waals surface area contributed by atoms with Gasteiger partial charge in [0.1, 0.15) is 6.54 Å². The third-order valence-corrected chi connectivity index (χ3v) is 3.99. The van der Waals surface area contributed by atoms with Crippen molar-refractivity contribution in [2.45, 2.75) is 71.6 Å². The Labute approximate surface area is 138 Å². The van der Waals surface area contributed by atoms with E-state index in [2.05, 4.69) is 20.9 Å². The van der Waals surface area contributed by atoms with Crippen molar-refractivity contribution in [3.05, 3.63) is 0 Å². The first-order chi connectivity index (χ1) is 8.68. The van der Waals surface area contributed by atoms with Gasteiger partial charge in [-0.2, -0.15) is 0 Å². The van der Waals surface area contributed by atoms with Crippen molar-refractivity contribution in [1.29, 1.82) is 0 Å². The molecule has 0 saturated carbocycles. The molecule has 0 aliphatic carbocycles. The van der Waals surface area contributed by atoms with Crippen LogP contribution in [0.5, 0.6) is 0 Å². The van der Waals surface area contributed by atoms with Gasteiger partial charge in [-0.15, -0.1) is 0 Å². The fourth-order valence-corrected chi connectivity index (χ4v) is 2.59. The van der Waals surface area contributed by atoms with Gasteiger partial charge >= 0.3 is 0 Å². The fraction of sp³-hybridized carbons (Fsp3) is 1.00. The van der Waals surface area contributed by atoms with E-state index >= 15 is 0 Å². The van der Waals surface area contributed by atoms with Gasteiger partial charge in [0.15, 0.2) is 0 Å². The molecule has 0 aliphatic heterocycles. The van der Waals surface area contributed by atoms with Crippen molar-refractivity contribution >= 4 is 0 Å². The van der Waals surface area contributed by atoms with E-state index in [-0.39, 0.29) is 24.0 Å². The number of hydrogen-bond acceptors (Lipinski definition) is 1. The van der Waals surface area contributed by atoms with Gasteiger partial charge in [-0.25, -0.2) is 0 Å². The third-order valence-electron chi connectivity index (χ3n) is 3.99. The summed E-state index contributed by atoms with van der Waals surface area (Å²) in [5.74, 6) is 0. The molecule has 0 amide bonds. The molecule has 1 atom stereocenters. The lowest BCUT2D eigenvalue weighted by molar-refractivity contribution is -0.910. The van der Waals surface area contributed by atoms with Crippen LogP contribution in [0.2, 0.25) is 0 Å². The number of nitrogens with zero attached hydrogens (tertiary/aromatic N) is 1. The van der Waals surface area contributed by atoms with Crippen molar-refractivity contribution in [2.75, 3.05) is 33.3 Å². The topological polar surface area (TPSA) is 20.2 Å². The molecular weight excluding hydrogens is 349 g/mol. The highest BCUT2D eigenvalue weighted by Gasteiger charge is 2.19. The molecule has 0 heterocycles. The average Bonchev–Trinajstić information content (AvgIpc) is 2.35. The summed E-state index contributed by atoms with van der Waals surface area (Å²) in [7, 11) is 2.32. The number of unbranched alkanes of at least 4 members (excludes halogenated alkanes) is 7. The summed E-state index contributed by atoms with van der Waals surface area (Å²) in [4.78, 5) is 0. The van der Waals surface area contributed by atoms with Crippen molar-refractivity contribution in [3.63, 3.8) is 0 Å². The fourth-order valence-electron chi connectivity index (χ4n) is 2.59. The van der Waals surface area contributed by atoms with Crippen LogP contribution in [0.3, 0.4) is 0 Å². The summed E-state index contributed by atoms with van der Waals surface area (Å²) in [5.41, 5.74) is 0. The smallest absolute Gasteiger partial charge is 0.102 e. The monoisotopic (exact) mass is 385 g/mol. The zero-order valence-corrected chi connectivity index (χ0v) is 15.6. The molecule has 1 N–H and O–H groups in total. The summed E-state index contributed by atoms with van der Waals surface area (Å²) >= 11 is 0. The highest BCUT2D eigenvalue weighted by atomic mass is 127. The molecule has 0 aromatic heterocycles. The van der Waals surface area contributed by atoms with E-state index in [1.807, 2.05) is 0 Å². The first kappa shape index (κ1) is 21.9. The SMILES string of the molecule is CCCCCCC[N+](C)(CCO)CCCCCC.[I-]. The Morgan fingerprint density at radius 1 is 0.684 bits per heavy atom. The van der Waals surface area contributed by atoms with Gasteiger partial charge in [-0.1, -0.05) is 46.0 Å². The molecule has 0 fully saturated rings. The van der Waals surface area contributed by atoms with E-state index in [1.54, 1.807) is 0 Å². The van der Waals surface area contributed by atoms with Crippen LogP contribution >= 0.6 is 0 Å². The molecule has 0 aliphatic rings. The average molecular weight is 385 g/mol. The molecule has 118 valence electrons. The number of aliphatic hydroxyl groups is 1. The minimum absolute atomic E-state index is 0. The Balaban J connectivity index is 0. The van der Waals surface area contributed by atoms with E-state index < -0.39 is 0 Å². The number of aliphatic hydroxyl groups excluding tert-OH is 1. The van der Waals surface area contributed by atoms with Crippen molar-refractivity contribution in [2.24, 2.45) is 0 Å². The van der Waals surface area contributed by atoms with Crippen molar-refractivity contribution < 1.29 is 33.6 Å². The zero-order valence-electron chi connectivity index (χ0n) is 13.5. The second-order valence-electron chi connectivity index (χ2n) is 5.99. The third kappa shape index (κ3) is 13.4. The predicted molar refractivity (Wildman–Crippen MR) is 80.8 cm³/mol. The lowest BCUT2D eigenvalue weighted by Crippen LogP contribution is -3.00. The van der Waals surface area contributed by atoms with Crippen LogP contribution in [0.4, 0.5) is 0 Å². The normalized spacial score (nSPS) is 13.9. The van der Waals surface area contributed by atoms with Crippen LogP contribution in [0.25, 0.3) is 0 Å². The molecule has 19 heavy (non-hydrogen) atoms. The van der Waals surface area contributed by atoms with E-state index in [1.165, 1.54) is 70.9 Å². The van der Waals surface area contributed by atoms with E-state index in [0.717, 1.165) is 11.0 Å². The number of hydrogen-bond donors (Lipinski definition) is 1. The molecule has 1 unspecified atom stereocenters. The first-order valence-electron chi connectivity index (χ1n) is 8.13. The predicted octanol–water partition coefficient (Wildman–Crippen LogP) is 0.980. The van der Waals surface area contributed by atoms with Gasteiger partial charge in [0, 0.05) is 0 Å². The maximum Gasteiger partial charge on any atom is 0.102 e. The summed E-state index contributed by atoms with van der Waals surface area (Å²) in [6.45, 7) is 8.28. The van der Waals surface area contributed by atoms with E-state index in [0.29, 0.717) is 6.61 Å². The molecule has 0 aromatic carbocycles. The zero-order chi connectivity index (χ0) is 13.7. The second kappa shape index (κ2) is 15.0. The maximum atomic E-state index is 9.23. The molecule has 2 nitrogen and oxygen atoms in total. The highest BCUT2D eigenvalue weighted by molar-refractivity contribution is 4.47. The quantitative estimate of drug-likeness (QED) is 0.285. The van der Waals surface area contributed by atoms with Crippen LogP contribution in [-0.4, -0.2) is 42.9 Å². The van der Waals surface area contributed by atoms with Crippen molar-refractivity contribution in [3.8, 4) is 0 Å². The number of likely N-dealkylation sites (N-methyl/N-ethyl adjacent to an activating group) is 1. The Kier molecular flexibility index (Phi) is 17.4. The van der Waals surface area contributed by atoms with Crippen molar-refractivity contribution in [1.82, 2.24) is 0 Å². The Morgan fingerprint density at radius 2 is 1.11 bits per heavy atom.